The zero-order valence-electron chi connectivity index (χ0n) is 6.41. The van der Waals surface area contributed by atoms with Crippen LogP contribution < -0.4 is 10.6 Å². The van der Waals surface area contributed by atoms with E-state index in [1.807, 2.05) is 0 Å². The predicted octanol–water partition coefficient (Wildman–Crippen LogP) is -1.26. The van der Waals surface area contributed by atoms with Crippen molar-refractivity contribution in [3.05, 3.63) is 12.4 Å². The van der Waals surface area contributed by atoms with Gasteiger partial charge in [-0.25, -0.2) is 0 Å². The Hall–Kier alpha value is -1.52. The molecule has 2 rings (SSSR count). The van der Waals surface area contributed by atoms with Crippen LogP contribution in [0.2, 0.25) is 0 Å². The molecule has 2 heterocycles. The molecule has 1 unspecified atom stereocenters. The molecule has 2 aliphatic rings. The van der Waals surface area contributed by atoms with Gasteiger partial charge in [0.25, 0.3) is 0 Å². The molecule has 2 aliphatic heterocycles. The third-order valence-corrected chi connectivity index (χ3v) is 2.03. The van der Waals surface area contributed by atoms with E-state index in [9.17, 15) is 9.59 Å². The average Bonchev–Trinajstić information content (AvgIpc) is 2.07. The van der Waals surface area contributed by atoms with Gasteiger partial charge in [0.15, 0.2) is 0 Å². The van der Waals surface area contributed by atoms with Gasteiger partial charge >= 0.3 is 0 Å². The lowest BCUT2D eigenvalue weighted by Crippen LogP contribution is -2.56. The molecule has 0 aromatic carbocycles. The number of hydrogen-bond acceptors (Lipinski definition) is 3. The van der Waals surface area contributed by atoms with Crippen LogP contribution in [0.25, 0.3) is 0 Å². The molecule has 1 atom stereocenters. The van der Waals surface area contributed by atoms with Crippen molar-refractivity contribution in [2.75, 3.05) is 6.67 Å². The van der Waals surface area contributed by atoms with E-state index in [0.717, 1.165) is 0 Å². The minimum atomic E-state index is -0.316. The Balaban J connectivity index is 2.19. The lowest BCUT2D eigenvalue weighted by atomic mass is 10.1. The molecule has 5 heteroatoms. The van der Waals surface area contributed by atoms with Crippen molar-refractivity contribution < 1.29 is 9.59 Å². The van der Waals surface area contributed by atoms with Crippen LogP contribution in [0.5, 0.6) is 0 Å². The standard InChI is InChI=1S/C7H9N3O2/c11-6-3-5-7(12)8-1-2-10(5)4-9-6/h1-2,5H,3-4H2,(H,8,12)(H,9,11). The highest BCUT2D eigenvalue weighted by Gasteiger charge is 2.31. The van der Waals surface area contributed by atoms with Gasteiger partial charge in [0, 0.05) is 12.4 Å². The maximum absolute atomic E-state index is 11.2. The van der Waals surface area contributed by atoms with Crippen LogP contribution in [-0.2, 0) is 9.59 Å². The predicted molar refractivity (Wildman–Crippen MR) is 40.5 cm³/mol. The number of carbonyl (C=O) groups is 2. The molecule has 1 saturated heterocycles. The third kappa shape index (κ3) is 1.03. The van der Waals surface area contributed by atoms with Gasteiger partial charge in [-0.3, -0.25) is 9.59 Å². The first-order chi connectivity index (χ1) is 5.77. The zero-order chi connectivity index (χ0) is 8.55. The second-order valence-corrected chi connectivity index (χ2v) is 2.82. The van der Waals surface area contributed by atoms with E-state index in [1.165, 1.54) is 0 Å². The van der Waals surface area contributed by atoms with E-state index in [4.69, 9.17) is 0 Å². The Labute approximate surface area is 69.4 Å². The minimum Gasteiger partial charge on any atom is -0.346 e. The summed E-state index contributed by atoms with van der Waals surface area (Å²) in [6.07, 6.45) is 3.60. The molecule has 0 saturated carbocycles. The van der Waals surface area contributed by atoms with Crippen LogP contribution in [0.15, 0.2) is 12.4 Å². The SMILES string of the molecule is O=C1CC2C(=O)NC=CN2CN1. The summed E-state index contributed by atoms with van der Waals surface area (Å²) in [5.41, 5.74) is 0. The van der Waals surface area contributed by atoms with E-state index in [0.29, 0.717) is 6.67 Å². The van der Waals surface area contributed by atoms with Crippen molar-refractivity contribution >= 4 is 11.8 Å². The molecule has 0 spiro atoms. The quantitative estimate of drug-likeness (QED) is 0.473. The van der Waals surface area contributed by atoms with E-state index in [1.54, 1.807) is 17.3 Å². The molecule has 0 aliphatic carbocycles. The van der Waals surface area contributed by atoms with Crippen molar-refractivity contribution in [1.29, 1.82) is 0 Å². The van der Waals surface area contributed by atoms with Crippen molar-refractivity contribution in [3.63, 3.8) is 0 Å². The number of rotatable bonds is 0. The molecular weight excluding hydrogens is 158 g/mol. The summed E-state index contributed by atoms with van der Waals surface area (Å²) in [6.45, 7) is 0.424. The maximum atomic E-state index is 11.2. The molecule has 0 bridgehead atoms. The number of amides is 2. The first-order valence-corrected chi connectivity index (χ1v) is 3.77. The fourth-order valence-electron chi connectivity index (χ4n) is 1.37. The lowest BCUT2D eigenvalue weighted by molar-refractivity contribution is -0.134. The molecule has 0 aromatic rings. The van der Waals surface area contributed by atoms with Crippen LogP contribution in [0.4, 0.5) is 0 Å². The monoisotopic (exact) mass is 167 g/mol. The Kier molecular flexibility index (Phi) is 1.49. The molecule has 2 N–H and O–H groups in total. The molecule has 12 heavy (non-hydrogen) atoms. The van der Waals surface area contributed by atoms with Gasteiger partial charge in [-0.1, -0.05) is 0 Å². The molecule has 0 radical (unpaired) electrons. The third-order valence-electron chi connectivity index (χ3n) is 2.03. The van der Waals surface area contributed by atoms with Crippen LogP contribution in [0.1, 0.15) is 6.42 Å². The summed E-state index contributed by atoms with van der Waals surface area (Å²) in [6, 6.07) is -0.316. The van der Waals surface area contributed by atoms with E-state index in [2.05, 4.69) is 10.6 Å². The fourth-order valence-corrected chi connectivity index (χ4v) is 1.37. The van der Waals surface area contributed by atoms with Gasteiger partial charge in [-0.2, -0.15) is 0 Å². The average molecular weight is 167 g/mol. The first-order valence-electron chi connectivity index (χ1n) is 3.77. The fraction of sp³-hybridized carbons (Fsp3) is 0.429. The van der Waals surface area contributed by atoms with Crippen molar-refractivity contribution in [2.45, 2.75) is 12.5 Å². The number of hydrogen-bond donors (Lipinski definition) is 2. The van der Waals surface area contributed by atoms with E-state index >= 15 is 0 Å². The van der Waals surface area contributed by atoms with Crippen LogP contribution in [-0.4, -0.2) is 29.4 Å². The summed E-state index contributed by atoms with van der Waals surface area (Å²) in [5.74, 6) is -0.172. The number of fused-ring (bicyclic) bond motifs is 1. The van der Waals surface area contributed by atoms with Gasteiger partial charge in [-0.15, -0.1) is 0 Å². The van der Waals surface area contributed by atoms with Crippen molar-refractivity contribution in [1.82, 2.24) is 15.5 Å². The number of nitrogens with zero attached hydrogens (tertiary/aromatic N) is 1. The molecule has 2 amide bonds. The second-order valence-electron chi connectivity index (χ2n) is 2.82. The number of carbonyl (C=O) groups excluding carboxylic acids is 2. The van der Waals surface area contributed by atoms with Gasteiger partial charge < -0.3 is 15.5 Å². The molecule has 5 nitrogen and oxygen atoms in total. The highest BCUT2D eigenvalue weighted by atomic mass is 16.2. The van der Waals surface area contributed by atoms with Crippen molar-refractivity contribution in [3.8, 4) is 0 Å². The normalized spacial score (nSPS) is 27.7. The Morgan fingerprint density at radius 2 is 2.33 bits per heavy atom. The topological polar surface area (TPSA) is 61.4 Å². The lowest BCUT2D eigenvalue weighted by Gasteiger charge is -2.35. The van der Waals surface area contributed by atoms with E-state index in [-0.39, 0.29) is 24.3 Å². The van der Waals surface area contributed by atoms with Crippen LogP contribution in [0, 0.1) is 0 Å². The van der Waals surface area contributed by atoms with Crippen LogP contribution in [0.3, 0.4) is 0 Å². The largest absolute Gasteiger partial charge is 0.346 e. The second kappa shape index (κ2) is 2.51. The molecular formula is C7H9N3O2. The summed E-state index contributed by atoms with van der Waals surface area (Å²) >= 11 is 0. The summed E-state index contributed by atoms with van der Waals surface area (Å²) in [7, 11) is 0. The van der Waals surface area contributed by atoms with Gasteiger partial charge in [0.2, 0.25) is 11.8 Å². The smallest absolute Gasteiger partial charge is 0.247 e. The van der Waals surface area contributed by atoms with Gasteiger partial charge in [-0.05, 0) is 0 Å². The molecule has 1 fully saturated rings. The first kappa shape index (κ1) is 7.15. The van der Waals surface area contributed by atoms with E-state index < -0.39 is 0 Å². The highest BCUT2D eigenvalue weighted by Crippen LogP contribution is 2.11. The number of nitrogens with one attached hydrogen (secondary N) is 2. The Morgan fingerprint density at radius 3 is 3.17 bits per heavy atom. The van der Waals surface area contributed by atoms with Crippen LogP contribution >= 0.6 is 0 Å². The Morgan fingerprint density at radius 1 is 1.50 bits per heavy atom. The van der Waals surface area contributed by atoms with Gasteiger partial charge in [0.05, 0.1) is 13.1 Å². The summed E-state index contributed by atoms with van der Waals surface area (Å²) in [5, 5.41) is 5.22. The molecule has 0 aromatic heterocycles. The minimum absolute atomic E-state index is 0.0679. The molecule has 64 valence electrons. The van der Waals surface area contributed by atoms with Crippen molar-refractivity contribution in [2.24, 2.45) is 0 Å². The highest BCUT2D eigenvalue weighted by molar-refractivity contribution is 5.90. The summed E-state index contributed by atoms with van der Waals surface area (Å²) in [4.78, 5) is 23.9. The summed E-state index contributed by atoms with van der Waals surface area (Å²) < 4.78 is 0. The maximum Gasteiger partial charge on any atom is 0.247 e. The Bertz CT molecular complexity index is 261. The zero-order valence-corrected chi connectivity index (χ0v) is 6.41. The van der Waals surface area contributed by atoms with Gasteiger partial charge in [0.1, 0.15) is 6.04 Å².